The zero-order valence-electron chi connectivity index (χ0n) is 18.4. The molecule has 2 aliphatic rings. The summed E-state index contributed by atoms with van der Waals surface area (Å²) in [5.74, 6) is 1.60. The monoisotopic (exact) mass is 416 g/mol. The van der Waals surface area contributed by atoms with Crippen LogP contribution in [0, 0.1) is 5.92 Å². The van der Waals surface area contributed by atoms with E-state index in [9.17, 15) is 14.7 Å². The minimum absolute atomic E-state index is 0.107. The van der Waals surface area contributed by atoms with Gasteiger partial charge in [0.2, 0.25) is 11.8 Å². The topological polar surface area (TPSA) is 70.1 Å². The van der Waals surface area contributed by atoms with Crippen molar-refractivity contribution in [3.63, 3.8) is 0 Å². The first kappa shape index (κ1) is 22.6. The molecule has 166 valence electrons. The summed E-state index contributed by atoms with van der Waals surface area (Å²) in [5.41, 5.74) is 2.08. The molecule has 1 aliphatic carbocycles. The molecular weight excluding hydrogens is 380 g/mol. The van der Waals surface area contributed by atoms with Crippen LogP contribution in [0.3, 0.4) is 0 Å². The van der Waals surface area contributed by atoms with Gasteiger partial charge in [0.25, 0.3) is 0 Å². The van der Waals surface area contributed by atoms with Crippen LogP contribution in [0.25, 0.3) is 0 Å². The van der Waals surface area contributed by atoms with Gasteiger partial charge in [0.1, 0.15) is 5.75 Å². The molecule has 2 amide bonds. The Balaban J connectivity index is 1.46. The van der Waals surface area contributed by atoms with E-state index in [0.29, 0.717) is 38.3 Å². The first-order chi connectivity index (χ1) is 14.4. The van der Waals surface area contributed by atoms with Crippen LogP contribution in [0.1, 0.15) is 63.9 Å². The predicted octanol–water partition coefficient (Wildman–Crippen LogP) is 3.54. The number of fused-ring (bicyclic) bond motifs is 1. The maximum absolute atomic E-state index is 12.7. The summed E-state index contributed by atoms with van der Waals surface area (Å²) < 4.78 is 5.87. The van der Waals surface area contributed by atoms with Gasteiger partial charge in [-0.1, -0.05) is 19.3 Å². The highest BCUT2D eigenvalue weighted by atomic mass is 16.5. The lowest BCUT2D eigenvalue weighted by molar-refractivity contribution is -0.133. The van der Waals surface area contributed by atoms with Gasteiger partial charge in [0.15, 0.2) is 0 Å². The normalized spacial score (nSPS) is 18.1. The van der Waals surface area contributed by atoms with E-state index < -0.39 is 6.10 Å². The van der Waals surface area contributed by atoms with Crippen LogP contribution < -0.4 is 9.64 Å². The molecule has 1 fully saturated rings. The first-order valence-electron chi connectivity index (χ1n) is 11.4. The third kappa shape index (κ3) is 6.21. The molecule has 0 aromatic heterocycles. The van der Waals surface area contributed by atoms with Crippen LogP contribution in [0.5, 0.6) is 5.75 Å². The summed E-state index contributed by atoms with van der Waals surface area (Å²) in [5, 5.41) is 9.81. The van der Waals surface area contributed by atoms with Crippen LogP contribution in [-0.2, 0) is 16.0 Å². The number of rotatable bonds is 9. The molecule has 1 heterocycles. The fraction of sp³-hybridized carbons (Fsp3) is 0.667. The van der Waals surface area contributed by atoms with Crippen molar-refractivity contribution in [2.24, 2.45) is 5.92 Å². The van der Waals surface area contributed by atoms with Gasteiger partial charge in [-0.05, 0) is 62.3 Å². The zero-order chi connectivity index (χ0) is 21.5. The first-order valence-corrected chi connectivity index (χ1v) is 11.4. The number of amides is 2. The number of ether oxygens (including phenoxy) is 1. The molecule has 6 heteroatoms. The Bertz CT molecular complexity index is 728. The number of hydrogen-bond acceptors (Lipinski definition) is 4. The second kappa shape index (κ2) is 10.8. The molecular formula is C24H36N2O4. The highest BCUT2D eigenvalue weighted by Gasteiger charge is 2.23. The molecule has 1 saturated carbocycles. The molecule has 1 aliphatic heterocycles. The smallest absolute Gasteiger partial charge is 0.227 e. The Hall–Kier alpha value is -2.08. The molecule has 0 saturated heterocycles. The van der Waals surface area contributed by atoms with Crippen LogP contribution >= 0.6 is 0 Å². The lowest BCUT2D eigenvalue weighted by Crippen LogP contribution is -2.40. The van der Waals surface area contributed by atoms with E-state index in [1.54, 1.807) is 18.9 Å². The number of aryl methyl sites for hydroxylation is 1. The van der Waals surface area contributed by atoms with Crippen molar-refractivity contribution in [2.75, 3.05) is 31.6 Å². The minimum Gasteiger partial charge on any atom is -0.494 e. The molecule has 1 unspecified atom stereocenters. The highest BCUT2D eigenvalue weighted by molar-refractivity contribution is 5.95. The number of hydrogen-bond donors (Lipinski definition) is 1. The van der Waals surface area contributed by atoms with Crippen LogP contribution in [-0.4, -0.2) is 54.7 Å². The van der Waals surface area contributed by atoms with E-state index in [-0.39, 0.29) is 11.8 Å². The lowest BCUT2D eigenvalue weighted by Gasteiger charge is -2.30. The fourth-order valence-electron chi connectivity index (χ4n) is 4.57. The molecule has 1 atom stereocenters. The van der Waals surface area contributed by atoms with Gasteiger partial charge < -0.3 is 19.6 Å². The van der Waals surface area contributed by atoms with Crippen molar-refractivity contribution in [1.82, 2.24) is 4.90 Å². The molecule has 6 nitrogen and oxygen atoms in total. The van der Waals surface area contributed by atoms with Crippen LogP contribution in [0.15, 0.2) is 18.2 Å². The molecule has 0 bridgehead atoms. The van der Waals surface area contributed by atoms with Gasteiger partial charge in [-0.15, -0.1) is 0 Å². The number of aliphatic hydroxyl groups excluding tert-OH is 1. The zero-order valence-corrected chi connectivity index (χ0v) is 18.4. The quantitative estimate of drug-likeness (QED) is 0.625. The third-order valence-corrected chi connectivity index (χ3v) is 6.24. The van der Waals surface area contributed by atoms with Gasteiger partial charge in [-0.25, -0.2) is 0 Å². The van der Waals surface area contributed by atoms with Crippen LogP contribution in [0.2, 0.25) is 0 Å². The van der Waals surface area contributed by atoms with E-state index in [1.807, 2.05) is 23.1 Å². The van der Waals surface area contributed by atoms with Crippen molar-refractivity contribution in [1.29, 1.82) is 0 Å². The Kier molecular flexibility index (Phi) is 8.14. The number of carbonyl (C=O) groups is 2. The SMILES string of the molecule is CC(O)CN(CC1CCCCC1)C(=O)CCCOc1ccc2c(c1)CCC(=O)N2C. The maximum atomic E-state index is 12.7. The molecule has 30 heavy (non-hydrogen) atoms. The second-order valence-electron chi connectivity index (χ2n) is 8.85. The average Bonchev–Trinajstić information content (AvgIpc) is 2.73. The van der Waals surface area contributed by atoms with Crippen molar-refractivity contribution >= 4 is 17.5 Å². The Morgan fingerprint density at radius 2 is 2.03 bits per heavy atom. The standard InChI is InChI=1S/C24H36N2O4/c1-18(27)16-26(17-19-7-4-3-5-8-19)24(29)9-6-14-30-21-11-12-22-20(15-21)10-13-23(28)25(22)2/h11-12,15,18-19,27H,3-10,13-14,16-17H2,1-2H3. The van der Waals surface area contributed by atoms with Crippen molar-refractivity contribution in [2.45, 2.75) is 70.8 Å². The van der Waals surface area contributed by atoms with E-state index in [1.165, 1.54) is 32.1 Å². The van der Waals surface area contributed by atoms with E-state index in [2.05, 4.69) is 0 Å². The van der Waals surface area contributed by atoms with Crippen LogP contribution in [0.4, 0.5) is 5.69 Å². The number of aliphatic hydroxyl groups is 1. The largest absolute Gasteiger partial charge is 0.494 e. The van der Waals surface area contributed by atoms with Gasteiger partial charge in [0.05, 0.1) is 12.7 Å². The summed E-state index contributed by atoms with van der Waals surface area (Å²) in [7, 11) is 1.80. The number of nitrogens with zero attached hydrogens (tertiary/aromatic N) is 2. The number of benzene rings is 1. The third-order valence-electron chi connectivity index (χ3n) is 6.24. The maximum Gasteiger partial charge on any atom is 0.227 e. The Morgan fingerprint density at radius 1 is 1.27 bits per heavy atom. The molecule has 0 radical (unpaired) electrons. The highest BCUT2D eigenvalue weighted by Crippen LogP contribution is 2.30. The number of anilines is 1. The summed E-state index contributed by atoms with van der Waals surface area (Å²) in [4.78, 5) is 28.1. The van der Waals surface area contributed by atoms with Gasteiger partial charge in [0, 0.05) is 38.7 Å². The molecule has 3 rings (SSSR count). The summed E-state index contributed by atoms with van der Waals surface area (Å²) in [6, 6.07) is 5.82. The van der Waals surface area contributed by atoms with Gasteiger partial charge in [-0.3, -0.25) is 9.59 Å². The average molecular weight is 417 g/mol. The van der Waals surface area contributed by atoms with E-state index in [4.69, 9.17) is 4.74 Å². The molecule has 1 N–H and O–H groups in total. The van der Waals surface area contributed by atoms with Crippen molar-refractivity contribution in [3.8, 4) is 5.75 Å². The summed E-state index contributed by atoms with van der Waals surface area (Å²) in [6.07, 6.45) is 8.02. The Labute approximate surface area is 180 Å². The van der Waals surface area contributed by atoms with Crippen molar-refractivity contribution in [3.05, 3.63) is 23.8 Å². The summed E-state index contributed by atoms with van der Waals surface area (Å²) >= 11 is 0. The molecule has 1 aromatic rings. The summed E-state index contributed by atoms with van der Waals surface area (Å²) in [6.45, 7) is 3.39. The van der Waals surface area contributed by atoms with Gasteiger partial charge >= 0.3 is 0 Å². The minimum atomic E-state index is -0.505. The van der Waals surface area contributed by atoms with E-state index in [0.717, 1.165) is 30.0 Å². The van der Waals surface area contributed by atoms with E-state index >= 15 is 0 Å². The predicted molar refractivity (Wildman–Crippen MR) is 118 cm³/mol. The molecule has 0 spiro atoms. The molecule has 1 aromatic carbocycles. The lowest BCUT2D eigenvalue weighted by atomic mass is 9.89. The second-order valence-corrected chi connectivity index (χ2v) is 8.85. The van der Waals surface area contributed by atoms with Crippen molar-refractivity contribution < 1.29 is 19.4 Å². The van der Waals surface area contributed by atoms with Gasteiger partial charge in [-0.2, -0.15) is 0 Å². The fourth-order valence-corrected chi connectivity index (χ4v) is 4.57. The number of carbonyl (C=O) groups excluding carboxylic acids is 2. The Morgan fingerprint density at radius 3 is 2.77 bits per heavy atom.